The van der Waals surface area contributed by atoms with Crippen molar-refractivity contribution in [2.24, 2.45) is 0 Å². The van der Waals surface area contributed by atoms with Crippen LogP contribution >= 0.6 is 0 Å². The summed E-state index contributed by atoms with van der Waals surface area (Å²) in [7, 11) is -0.639. The van der Waals surface area contributed by atoms with Crippen LogP contribution in [0, 0.1) is 0 Å². The summed E-state index contributed by atoms with van der Waals surface area (Å²) in [5, 5.41) is 0. The highest BCUT2D eigenvalue weighted by molar-refractivity contribution is 7.86. The van der Waals surface area contributed by atoms with Crippen LogP contribution in [0.5, 0.6) is 17.2 Å². The van der Waals surface area contributed by atoms with E-state index in [1.165, 1.54) is 26.4 Å². The molecule has 3 rings (SSSR count). The monoisotopic (exact) mass is 445 g/mol. The molecule has 0 aliphatic carbocycles. The first kappa shape index (κ1) is 22.2. The maximum Gasteiger partial charge on any atom is 0.306 e. The quantitative estimate of drug-likeness (QED) is 0.465. The van der Waals surface area contributed by atoms with Crippen LogP contribution < -0.4 is 13.7 Å². The van der Waals surface area contributed by atoms with Crippen molar-refractivity contribution < 1.29 is 31.3 Å². The number of carbonyl (C=O) groups excluding carboxylic acids is 1. The first-order valence-electron chi connectivity index (χ1n) is 9.31. The lowest BCUT2D eigenvalue weighted by Gasteiger charge is -2.24. The van der Waals surface area contributed by atoms with Crippen molar-refractivity contribution in [2.75, 3.05) is 20.5 Å². The average Bonchev–Trinajstić information content (AvgIpc) is 3.25. The molecule has 1 heterocycles. The Hall–Kier alpha value is -3.46. The van der Waals surface area contributed by atoms with E-state index in [0.717, 1.165) is 11.8 Å². The summed E-state index contributed by atoms with van der Waals surface area (Å²) in [5.74, 6) is 1.29. The second-order valence-corrected chi connectivity index (χ2v) is 8.28. The van der Waals surface area contributed by atoms with Gasteiger partial charge in [0, 0.05) is 6.54 Å². The minimum atomic E-state index is -3.62. The van der Waals surface area contributed by atoms with Gasteiger partial charge in [0.05, 0.1) is 33.3 Å². The Bertz CT molecular complexity index is 1100. The first-order chi connectivity index (χ1) is 14.8. The zero-order valence-electron chi connectivity index (χ0n) is 17.4. The van der Waals surface area contributed by atoms with E-state index >= 15 is 0 Å². The third-order valence-electron chi connectivity index (χ3n) is 4.40. The number of furan rings is 1. The van der Waals surface area contributed by atoms with Crippen LogP contribution in [0.4, 0.5) is 0 Å². The summed E-state index contributed by atoms with van der Waals surface area (Å²) in [6.07, 6.45) is 2.52. The van der Waals surface area contributed by atoms with E-state index in [-0.39, 0.29) is 24.7 Å². The predicted octanol–water partition coefficient (Wildman–Crippen LogP) is 3.48. The van der Waals surface area contributed by atoms with Gasteiger partial charge in [-0.2, -0.15) is 8.42 Å². The highest BCUT2D eigenvalue weighted by Crippen LogP contribution is 2.30. The second-order valence-electron chi connectivity index (χ2n) is 6.71. The molecule has 1 amide bonds. The highest BCUT2D eigenvalue weighted by Gasteiger charge is 2.25. The molecule has 0 atom stereocenters. The topological polar surface area (TPSA) is 95.3 Å². The van der Waals surface area contributed by atoms with Gasteiger partial charge < -0.3 is 23.0 Å². The number of nitrogens with zero attached hydrogens (tertiary/aromatic N) is 1. The standard InChI is InChI=1S/C22H23NO7S/c1-27-19-7-4-8-20(28-2)21(19)22(24)23(15-18-6-5-13-29-18)14-16-9-11-17(12-10-16)30-31(3,25)26/h4-13H,14-15H2,1-3H3. The van der Waals surface area contributed by atoms with Crippen LogP contribution in [-0.2, 0) is 23.2 Å². The number of ether oxygens (including phenoxy) is 2. The number of hydrogen-bond donors (Lipinski definition) is 0. The van der Waals surface area contributed by atoms with E-state index < -0.39 is 10.1 Å². The molecular weight excluding hydrogens is 422 g/mol. The van der Waals surface area contributed by atoms with Crippen LogP contribution in [0.3, 0.4) is 0 Å². The van der Waals surface area contributed by atoms with E-state index in [9.17, 15) is 13.2 Å². The molecule has 0 radical (unpaired) electrons. The van der Waals surface area contributed by atoms with Crippen molar-refractivity contribution in [1.82, 2.24) is 4.90 Å². The summed E-state index contributed by atoms with van der Waals surface area (Å²) in [6.45, 7) is 0.453. The Morgan fingerprint density at radius 1 is 0.935 bits per heavy atom. The lowest BCUT2D eigenvalue weighted by Crippen LogP contribution is -2.30. The molecule has 8 nitrogen and oxygen atoms in total. The zero-order chi connectivity index (χ0) is 22.4. The van der Waals surface area contributed by atoms with Gasteiger partial charge in [-0.25, -0.2) is 0 Å². The molecule has 9 heteroatoms. The lowest BCUT2D eigenvalue weighted by molar-refractivity contribution is 0.0710. The molecule has 0 saturated carbocycles. The Morgan fingerprint density at radius 3 is 2.10 bits per heavy atom. The number of methoxy groups -OCH3 is 2. The summed E-state index contributed by atoms with van der Waals surface area (Å²) >= 11 is 0. The van der Waals surface area contributed by atoms with Crippen LogP contribution in [0.25, 0.3) is 0 Å². The number of carbonyl (C=O) groups is 1. The minimum absolute atomic E-state index is 0.196. The fourth-order valence-corrected chi connectivity index (χ4v) is 3.52. The molecule has 3 aromatic rings. The molecule has 0 aliphatic heterocycles. The van der Waals surface area contributed by atoms with Gasteiger partial charge in [0.25, 0.3) is 5.91 Å². The summed E-state index contributed by atoms with van der Waals surface area (Å²) in [5.41, 5.74) is 1.07. The Labute approximate surface area is 181 Å². The van der Waals surface area contributed by atoms with Crippen molar-refractivity contribution >= 4 is 16.0 Å². The van der Waals surface area contributed by atoms with Crippen LogP contribution in [0.2, 0.25) is 0 Å². The Morgan fingerprint density at radius 2 is 1.58 bits per heavy atom. The number of rotatable bonds is 9. The smallest absolute Gasteiger partial charge is 0.306 e. The molecule has 0 bridgehead atoms. The molecule has 0 aliphatic rings. The van der Waals surface area contributed by atoms with Crippen molar-refractivity contribution in [1.29, 1.82) is 0 Å². The van der Waals surface area contributed by atoms with E-state index in [4.69, 9.17) is 18.1 Å². The third kappa shape index (κ3) is 5.79. The van der Waals surface area contributed by atoms with Gasteiger partial charge in [0.1, 0.15) is 28.6 Å². The normalized spacial score (nSPS) is 11.1. The molecule has 0 unspecified atom stereocenters. The predicted molar refractivity (Wildman–Crippen MR) is 114 cm³/mol. The molecule has 1 aromatic heterocycles. The van der Waals surface area contributed by atoms with Crippen LogP contribution in [-0.4, -0.2) is 39.7 Å². The number of benzene rings is 2. The number of amides is 1. The second kappa shape index (κ2) is 9.57. The first-order valence-corrected chi connectivity index (χ1v) is 11.1. The Balaban J connectivity index is 1.91. The summed E-state index contributed by atoms with van der Waals surface area (Å²) in [4.78, 5) is 15.1. The van der Waals surface area contributed by atoms with Crippen LogP contribution in [0.15, 0.2) is 65.3 Å². The Kier molecular flexibility index (Phi) is 6.86. The molecule has 0 spiro atoms. The van der Waals surface area contributed by atoms with Gasteiger partial charge in [-0.1, -0.05) is 18.2 Å². The van der Waals surface area contributed by atoms with Crippen LogP contribution in [0.1, 0.15) is 21.7 Å². The van der Waals surface area contributed by atoms with Crippen molar-refractivity contribution in [3.63, 3.8) is 0 Å². The van der Waals surface area contributed by atoms with Crippen molar-refractivity contribution in [3.8, 4) is 17.2 Å². The maximum absolute atomic E-state index is 13.5. The zero-order valence-corrected chi connectivity index (χ0v) is 18.2. The van der Waals surface area contributed by atoms with Gasteiger partial charge in [0.15, 0.2) is 0 Å². The fraction of sp³-hybridized carbons (Fsp3) is 0.227. The molecular formula is C22H23NO7S. The third-order valence-corrected chi connectivity index (χ3v) is 4.90. The highest BCUT2D eigenvalue weighted by atomic mass is 32.2. The molecule has 0 fully saturated rings. The summed E-state index contributed by atoms with van der Waals surface area (Å²) in [6, 6.07) is 15.1. The van der Waals surface area contributed by atoms with Gasteiger partial charge in [0.2, 0.25) is 0 Å². The molecule has 0 saturated heterocycles. The van der Waals surface area contributed by atoms with Crippen molar-refractivity contribution in [2.45, 2.75) is 13.1 Å². The molecule has 164 valence electrons. The van der Waals surface area contributed by atoms with Crippen molar-refractivity contribution in [3.05, 3.63) is 77.7 Å². The molecule has 0 N–H and O–H groups in total. The number of hydrogen-bond acceptors (Lipinski definition) is 7. The average molecular weight is 445 g/mol. The van der Waals surface area contributed by atoms with Gasteiger partial charge in [-0.3, -0.25) is 4.79 Å². The lowest BCUT2D eigenvalue weighted by atomic mass is 10.1. The van der Waals surface area contributed by atoms with Gasteiger partial charge in [-0.05, 0) is 42.0 Å². The summed E-state index contributed by atoms with van der Waals surface area (Å²) < 4.78 is 43.7. The largest absolute Gasteiger partial charge is 0.496 e. The van der Waals surface area contributed by atoms with Gasteiger partial charge >= 0.3 is 10.1 Å². The van der Waals surface area contributed by atoms with E-state index in [0.29, 0.717) is 22.8 Å². The maximum atomic E-state index is 13.5. The van der Waals surface area contributed by atoms with E-state index in [1.807, 2.05) is 0 Å². The fourth-order valence-electron chi connectivity index (χ4n) is 3.06. The van der Waals surface area contributed by atoms with Gasteiger partial charge in [-0.15, -0.1) is 0 Å². The minimum Gasteiger partial charge on any atom is -0.496 e. The van der Waals surface area contributed by atoms with E-state index in [2.05, 4.69) is 0 Å². The molecule has 31 heavy (non-hydrogen) atoms. The SMILES string of the molecule is COc1cccc(OC)c1C(=O)N(Cc1ccc(OS(C)(=O)=O)cc1)Cc1ccco1. The molecule has 2 aromatic carbocycles. The van der Waals surface area contributed by atoms with E-state index in [1.54, 1.807) is 53.6 Å².